The Kier molecular flexibility index (Phi) is 3.17. The summed E-state index contributed by atoms with van der Waals surface area (Å²) in [7, 11) is 0. The zero-order valence-corrected chi connectivity index (χ0v) is 13.7. The molecule has 0 unspecified atom stereocenters. The van der Waals surface area contributed by atoms with E-state index in [1.54, 1.807) is 31.2 Å². The SMILES string of the molecule is CCOC(=O)c1ccc(N2C(=O)[C@@H]3[C@@H]4C=C[C@H](C4)[C@@]3(C)C2=O)cc1. The number of anilines is 1. The summed E-state index contributed by atoms with van der Waals surface area (Å²) >= 11 is 0. The Morgan fingerprint density at radius 1 is 1.25 bits per heavy atom. The van der Waals surface area contributed by atoms with E-state index in [0.717, 1.165) is 6.42 Å². The molecule has 2 bridgehead atoms. The predicted molar refractivity (Wildman–Crippen MR) is 87.2 cm³/mol. The van der Waals surface area contributed by atoms with Gasteiger partial charge in [-0.25, -0.2) is 9.69 Å². The number of carbonyl (C=O) groups is 3. The molecule has 0 aromatic heterocycles. The first kappa shape index (κ1) is 15.1. The van der Waals surface area contributed by atoms with Gasteiger partial charge in [-0.15, -0.1) is 0 Å². The molecule has 4 rings (SSSR count). The van der Waals surface area contributed by atoms with Gasteiger partial charge < -0.3 is 4.74 Å². The van der Waals surface area contributed by atoms with Crippen molar-refractivity contribution in [1.82, 2.24) is 0 Å². The lowest BCUT2D eigenvalue weighted by molar-refractivity contribution is -0.127. The molecule has 1 aliphatic heterocycles. The lowest BCUT2D eigenvalue weighted by atomic mass is 9.71. The summed E-state index contributed by atoms with van der Waals surface area (Å²) in [6.45, 7) is 3.97. The summed E-state index contributed by atoms with van der Waals surface area (Å²) in [5, 5.41) is 0. The highest BCUT2D eigenvalue weighted by Crippen LogP contribution is 2.60. The predicted octanol–water partition coefficient (Wildman–Crippen LogP) is 2.56. The van der Waals surface area contributed by atoms with E-state index in [0.29, 0.717) is 17.9 Å². The van der Waals surface area contributed by atoms with Crippen LogP contribution in [0, 0.1) is 23.2 Å². The van der Waals surface area contributed by atoms with Gasteiger partial charge in [0.25, 0.3) is 0 Å². The van der Waals surface area contributed by atoms with Crippen LogP contribution in [0.2, 0.25) is 0 Å². The highest BCUT2D eigenvalue weighted by molar-refractivity contribution is 6.24. The number of esters is 1. The number of hydrogen-bond acceptors (Lipinski definition) is 4. The Bertz CT molecular complexity index is 766. The van der Waals surface area contributed by atoms with Crippen LogP contribution in [0.25, 0.3) is 0 Å². The molecule has 1 saturated carbocycles. The first-order chi connectivity index (χ1) is 11.5. The molecule has 2 fully saturated rings. The van der Waals surface area contributed by atoms with Crippen LogP contribution in [0.4, 0.5) is 5.69 Å². The van der Waals surface area contributed by atoms with Crippen LogP contribution in [-0.2, 0) is 14.3 Å². The Hall–Kier alpha value is -2.43. The zero-order valence-electron chi connectivity index (χ0n) is 13.7. The summed E-state index contributed by atoms with van der Waals surface area (Å²) in [5.41, 5.74) is 0.303. The maximum Gasteiger partial charge on any atom is 0.338 e. The van der Waals surface area contributed by atoms with Crippen molar-refractivity contribution in [1.29, 1.82) is 0 Å². The monoisotopic (exact) mass is 325 g/mol. The summed E-state index contributed by atoms with van der Waals surface area (Å²) in [6.07, 6.45) is 5.06. The van der Waals surface area contributed by atoms with Crippen molar-refractivity contribution in [3.8, 4) is 0 Å². The van der Waals surface area contributed by atoms with Crippen molar-refractivity contribution in [2.75, 3.05) is 11.5 Å². The summed E-state index contributed by atoms with van der Waals surface area (Å²) < 4.78 is 4.95. The van der Waals surface area contributed by atoms with Crippen molar-refractivity contribution in [3.63, 3.8) is 0 Å². The molecule has 0 radical (unpaired) electrons. The standard InChI is InChI=1S/C19H19NO4/c1-3-24-17(22)11-5-8-14(9-6-11)20-16(21)15-12-4-7-13(10-12)19(15,2)18(20)23/h4-9,12-13,15H,3,10H2,1-2H3/t12-,13-,15+,19-/m1/s1. The minimum atomic E-state index is -0.629. The first-order valence-corrected chi connectivity index (χ1v) is 8.32. The number of fused-ring (bicyclic) bond motifs is 5. The average molecular weight is 325 g/mol. The Morgan fingerprint density at radius 2 is 1.96 bits per heavy atom. The maximum atomic E-state index is 13.0. The number of rotatable bonds is 3. The molecular formula is C19H19NO4. The number of nitrogens with zero attached hydrogens (tertiary/aromatic N) is 1. The van der Waals surface area contributed by atoms with Crippen LogP contribution in [-0.4, -0.2) is 24.4 Å². The third-order valence-corrected chi connectivity index (χ3v) is 5.75. The van der Waals surface area contributed by atoms with Crippen LogP contribution < -0.4 is 4.90 Å². The van der Waals surface area contributed by atoms with E-state index in [2.05, 4.69) is 12.2 Å². The second-order valence-corrected chi connectivity index (χ2v) is 6.90. The second-order valence-electron chi connectivity index (χ2n) is 6.90. The minimum absolute atomic E-state index is 0.122. The smallest absolute Gasteiger partial charge is 0.338 e. The minimum Gasteiger partial charge on any atom is -0.462 e. The fourth-order valence-corrected chi connectivity index (χ4v) is 4.51. The van der Waals surface area contributed by atoms with Crippen LogP contribution in [0.5, 0.6) is 0 Å². The van der Waals surface area contributed by atoms with Gasteiger partial charge in [-0.3, -0.25) is 9.59 Å². The molecule has 2 amide bonds. The number of hydrogen-bond donors (Lipinski definition) is 0. The van der Waals surface area contributed by atoms with Gasteiger partial charge in [-0.05, 0) is 56.4 Å². The van der Waals surface area contributed by atoms with Gasteiger partial charge in [0.2, 0.25) is 11.8 Å². The molecule has 1 saturated heterocycles. The van der Waals surface area contributed by atoms with Gasteiger partial charge in [0.15, 0.2) is 0 Å². The van der Waals surface area contributed by atoms with Gasteiger partial charge in [0.1, 0.15) is 0 Å². The van der Waals surface area contributed by atoms with Crippen molar-refractivity contribution < 1.29 is 19.1 Å². The van der Waals surface area contributed by atoms with Gasteiger partial charge in [0.05, 0.1) is 29.2 Å². The van der Waals surface area contributed by atoms with Crippen LogP contribution in [0.3, 0.4) is 0 Å². The lowest BCUT2D eigenvalue weighted by Gasteiger charge is -2.28. The molecule has 124 valence electrons. The van der Waals surface area contributed by atoms with Gasteiger partial charge in [0, 0.05) is 0 Å². The molecule has 0 spiro atoms. The lowest BCUT2D eigenvalue weighted by Crippen LogP contribution is -2.37. The zero-order chi connectivity index (χ0) is 17.1. The third-order valence-electron chi connectivity index (χ3n) is 5.75. The molecular weight excluding hydrogens is 306 g/mol. The second kappa shape index (κ2) is 5.03. The highest BCUT2D eigenvalue weighted by atomic mass is 16.5. The van der Waals surface area contributed by atoms with Gasteiger partial charge >= 0.3 is 5.97 Å². The Labute approximate surface area is 140 Å². The third kappa shape index (κ3) is 1.78. The van der Waals surface area contributed by atoms with Crippen molar-refractivity contribution in [3.05, 3.63) is 42.0 Å². The van der Waals surface area contributed by atoms with E-state index < -0.39 is 11.4 Å². The number of imide groups is 1. The summed E-state index contributed by atoms with van der Waals surface area (Å²) in [4.78, 5) is 38.9. The fraction of sp³-hybridized carbons (Fsp3) is 0.421. The topological polar surface area (TPSA) is 63.7 Å². The number of carbonyl (C=O) groups excluding carboxylic acids is 3. The Balaban J connectivity index is 1.65. The normalized spacial score (nSPS) is 33.2. The molecule has 1 heterocycles. The van der Waals surface area contributed by atoms with Crippen LogP contribution >= 0.6 is 0 Å². The van der Waals surface area contributed by atoms with Crippen molar-refractivity contribution in [2.24, 2.45) is 23.2 Å². The van der Waals surface area contributed by atoms with E-state index >= 15 is 0 Å². The van der Waals surface area contributed by atoms with Gasteiger partial charge in [-0.2, -0.15) is 0 Å². The van der Waals surface area contributed by atoms with E-state index in [1.165, 1.54) is 4.90 Å². The van der Waals surface area contributed by atoms with E-state index in [1.807, 2.05) is 6.92 Å². The number of benzene rings is 1. The van der Waals surface area contributed by atoms with Crippen molar-refractivity contribution >= 4 is 23.5 Å². The first-order valence-electron chi connectivity index (χ1n) is 8.32. The quantitative estimate of drug-likeness (QED) is 0.487. The molecule has 24 heavy (non-hydrogen) atoms. The van der Waals surface area contributed by atoms with Crippen molar-refractivity contribution in [2.45, 2.75) is 20.3 Å². The summed E-state index contributed by atoms with van der Waals surface area (Å²) in [5.74, 6) is -0.603. The molecule has 0 N–H and O–H groups in total. The van der Waals surface area contributed by atoms with Crippen LogP contribution in [0.1, 0.15) is 30.6 Å². The van der Waals surface area contributed by atoms with E-state index in [4.69, 9.17) is 4.74 Å². The molecule has 1 aromatic rings. The molecule has 5 heteroatoms. The molecule has 3 aliphatic rings. The van der Waals surface area contributed by atoms with E-state index in [-0.39, 0.29) is 29.6 Å². The largest absolute Gasteiger partial charge is 0.462 e. The molecule has 2 aliphatic carbocycles. The van der Waals surface area contributed by atoms with E-state index in [9.17, 15) is 14.4 Å². The number of allylic oxidation sites excluding steroid dienone is 2. The summed E-state index contributed by atoms with van der Waals surface area (Å²) in [6, 6.07) is 6.47. The highest BCUT2D eigenvalue weighted by Gasteiger charge is 2.67. The number of ether oxygens (including phenoxy) is 1. The van der Waals surface area contributed by atoms with Crippen LogP contribution in [0.15, 0.2) is 36.4 Å². The Morgan fingerprint density at radius 3 is 2.58 bits per heavy atom. The number of amides is 2. The van der Waals surface area contributed by atoms with Gasteiger partial charge in [-0.1, -0.05) is 12.2 Å². The fourth-order valence-electron chi connectivity index (χ4n) is 4.51. The molecule has 5 nitrogen and oxygen atoms in total. The average Bonchev–Trinajstić information content (AvgIpc) is 3.20. The molecule has 1 aromatic carbocycles. The molecule has 4 atom stereocenters. The maximum absolute atomic E-state index is 13.0.